The molecular weight excluding hydrogens is 408 g/mol. The van der Waals surface area contributed by atoms with Crippen molar-refractivity contribution >= 4 is 23.1 Å². The Kier molecular flexibility index (Phi) is 5.99. The third-order valence-electron chi connectivity index (χ3n) is 5.89. The van der Waals surface area contributed by atoms with E-state index in [4.69, 9.17) is 25.5 Å². The first kappa shape index (κ1) is 22.0. The maximum absolute atomic E-state index is 13.3. The lowest BCUT2D eigenvalue weighted by atomic mass is 9.68. The van der Waals surface area contributed by atoms with Gasteiger partial charge in [0.1, 0.15) is 22.8 Å². The quantitative estimate of drug-likeness (QED) is 0.666. The van der Waals surface area contributed by atoms with Crippen LogP contribution in [0.2, 0.25) is 5.02 Å². The van der Waals surface area contributed by atoms with Crippen molar-refractivity contribution < 1.29 is 23.8 Å². The zero-order valence-electron chi connectivity index (χ0n) is 17.7. The minimum absolute atomic E-state index is 0.0606. The predicted octanol–water partition coefficient (Wildman–Crippen LogP) is 5.30. The molecule has 160 valence electrons. The van der Waals surface area contributed by atoms with Crippen molar-refractivity contribution in [3.05, 3.63) is 50.3 Å². The number of aliphatic hydroxyl groups excluding tert-OH is 1. The standard InChI is InChI=1S/C23H25ClO6/c1-6-13-19(26)18-15(25)11-16(30-22(18)23(7-2,8-3)21(13)27)12-9-14(24)20(29-5)17(10-12)28-4/h9-11,26H,6-8H2,1-5H3. The second-order valence-corrected chi connectivity index (χ2v) is 7.58. The summed E-state index contributed by atoms with van der Waals surface area (Å²) < 4.78 is 16.8. The van der Waals surface area contributed by atoms with E-state index in [-0.39, 0.29) is 39.2 Å². The van der Waals surface area contributed by atoms with Gasteiger partial charge in [-0.1, -0.05) is 32.4 Å². The Morgan fingerprint density at radius 2 is 1.73 bits per heavy atom. The monoisotopic (exact) mass is 432 g/mol. The van der Waals surface area contributed by atoms with Crippen LogP contribution in [0.15, 0.2) is 33.0 Å². The highest BCUT2D eigenvalue weighted by Gasteiger charge is 2.48. The van der Waals surface area contributed by atoms with Crippen LogP contribution in [0.5, 0.6) is 11.5 Å². The summed E-state index contributed by atoms with van der Waals surface area (Å²) in [6.45, 7) is 5.54. The van der Waals surface area contributed by atoms with Crippen molar-refractivity contribution in [3.8, 4) is 22.8 Å². The lowest BCUT2D eigenvalue weighted by molar-refractivity contribution is -0.122. The van der Waals surface area contributed by atoms with E-state index in [2.05, 4.69) is 0 Å². The normalized spacial score (nSPS) is 15.2. The molecule has 1 N–H and O–H groups in total. The zero-order valence-corrected chi connectivity index (χ0v) is 18.5. The van der Waals surface area contributed by atoms with Crippen molar-refractivity contribution in [1.82, 2.24) is 0 Å². The van der Waals surface area contributed by atoms with Gasteiger partial charge in [-0.25, -0.2) is 0 Å². The van der Waals surface area contributed by atoms with Crippen LogP contribution in [-0.2, 0) is 10.2 Å². The number of rotatable bonds is 6. The van der Waals surface area contributed by atoms with Crippen LogP contribution in [0.4, 0.5) is 0 Å². The second kappa shape index (κ2) is 8.19. The molecule has 0 spiro atoms. The topological polar surface area (TPSA) is 86.0 Å². The minimum atomic E-state index is -1.01. The van der Waals surface area contributed by atoms with Crippen molar-refractivity contribution in [2.24, 2.45) is 0 Å². The summed E-state index contributed by atoms with van der Waals surface area (Å²) in [5.41, 5.74) is -0.608. The molecule has 2 aromatic rings. The third kappa shape index (κ3) is 3.10. The Morgan fingerprint density at radius 1 is 1.07 bits per heavy atom. The molecule has 0 saturated carbocycles. The van der Waals surface area contributed by atoms with Crippen molar-refractivity contribution in [1.29, 1.82) is 0 Å². The van der Waals surface area contributed by atoms with E-state index in [9.17, 15) is 14.7 Å². The number of methoxy groups -OCH3 is 2. The molecule has 0 saturated heterocycles. The van der Waals surface area contributed by atoms with E-state index >= 15 is 0 Å². The molecule has 0 amide bonds. The highest BCUT2D eigenvalue weighted by molar-refractivity contribution is 6.32. The van der Waals surface area contributed by atoms with E-state index in [0.717, 1.165) is 0 Å². The van der Waals surface area contributed by atoms with Crippen LogP contribution in [-0.4, -0.2) is 25.1 Å². The lowest BCUT2D eigenvalue weighted by Crippen LogP contribution is -2.41. The Balaban J connectivity index is 2.35. The highest BCUT2D eigenvalue weighted by atomic mass is 35.5. The van der Waals surface area contributed by atoms with E-state index in [1.54, 1.807) is 19.1 Å². The van der Waals surface area contributed by atoms with Gasteiger partial charge in [-0.2, -0.15) is 0 Å². The molecule has 30 heavy (non-hydrogen) atoms. The molecule has 0 atom stereocenters. The number of carbonyl (C=O) groups excluding carboxylic acids is 1. The summed E-state index contributed by atoms with van der Waals surface area (Å²) in [7, 11) is 2.96. The SMILES string of the molecule is CCC1=C(O)c2c(oc(-c3cc(Cl)c(OC)c(OC)c3)cc2=O)C(CC)(CC)C1=O. The van der Waals surface area contributed by atoms with E-state index in [0.29, 0.717) is 36.3 Å². The Bertz CT molecular complexity index is 1090. The number of ketones is 1. The first-order valence-corrected chi connectivity index (χ1v) is 10.2. The van der Waals surface area contributed by atoms with Gasteiger partial charge >= 0.3 is 0 Å². The fourth-order valence-corrected chi connectivity index (χ4v) is 4.42. The lowest BCUT2D eigenvalue weighted by Gasteiger charge is -2.35. The molecule has 6 nitrogen and oxygen atoms in total. The number of carbonyl (C=O) groups is 1. The molecule has 1 aromatic heterocycles. The van der Waals surface area contributed by atoms with Gasteiger partial charge in [-0.3, -0.25) is 9.59 Å². The Morgan fingerprint density at radius 3 is 2.27 bits per heavy atom. The highest BCUT2D eigenvalue weighted by Crippen LogP contribution is 2.45. The predicted molar refractivity (Wildman–Crippen MR) is 116 cm³/mol. The summed E-state index contributed by atoms with van der Waals surface area (Å²) >= 11 is 6.32. The molecular formula is C23H25ClO6. The molecule has 0 bridgehead atoms. The molecule has 1 aromatic carbocycles. The van der Waals surface area contributed by atoms with Crippen LogP contribution in [0.25, 0.3) is 17.1 Å². The van der Waals surface area contributed by atoms with Crippen LogP contribution < -0.4 is 14.9 Å². The number of Topliss-reactive ketones (excluding diaryl/α,β-unsaturated/α-hetero) is 1. The molecule has 1 aliphatic rings. The molecule has 3 rings (SSSR count). The summed E-state index contributed by atoms with van der Waals surface area (Å²) in [4.78, 5) is 26.3. The van der Waals surface area contributed by atoms with Crippen LogP contribution in [0.1, 0.15) is 51.4 Å². The average molecular weight is 433 g/mol. The number of aliphatic hydroxyl groups is 1. The summed E-state index contributed by atoms with van der Waals surface area (Å²) in [5, 5.41) is 11.0. The van der Waals surface area contributed by atoms with E-state index in [1.165, 1.54) is 20.3 Å². The van der Waals surface area contributed by atoms with Gasteiger partial charge < -0.3 is 19.0 Å². The zero-order chi connectivity index (χ0) is 22.2. The fourth-order valence-electron chi connectivity index (χ4n) is 4.13. The molecule has 0 fully saturated rings. The minimum Gasteiger partial charge on any atom is -0.507 e. The summed E-state index contributed by atoms with van der Waals surface area (Å²) in [5.74, 6) is 0.674. The van der Waals surface area contributed by atoms with Gasteiger partial charge in [0.2, 0.25) is 0 Å². The van der Waals surface area contributed by atoms with Gasteiger partial charge in [-0.15, -0.1) is 0 Å². The number of benzene rings is 1. The molecule has 1 aliphatic carbocycles. The van der Waals surface area contributed by atoms with Gasteiger partial charge in [-0.05, 0) is 31.4 Å². The molecule has 0 unspecified atom stereocenters. The van der Waals surface area contributed by atoms with Crippen LogP contribution >= 0.6 is 11.6 Å². The fraction of sp³-hybridized carbons (Fsp3) is 0.391. The Hall–Kier alpha value is -2.73. The average Bonchev–Trinajstić information content (AvgIpc) is 2.73. The van der Waals surface area contributed by atoms with E-state index in [1.807, 2.05) is 13.8 Å². The van der Waals surface area contributed by atoms with Crippen molar-refractivity contribution in [2.75, 3.05) is 14.2 Å². The largest absolute Gasteiger partial charge is 0.507 e. The number of fused-ring (bicyclic) bond motifs is 1. The number of hydrogen-bond donors (Lipinski definition) is 1. The maximum Gasteiger partial charge on any atom is 0.196 e. The van der Waals surface area contributed by atoms with Gasteiger partial charge in [0.05, 0.1) is 24.7 Å². The number of allylic oxidation sites excluding steroid dienone is 1. The van der Waals surface area contributed by atoms with Crippen molar-refractivity contribution in [3.63, 3.8) is 0 Å². The van der Waals surface area contributed by atoms with Gasteiger partial charge in [0.15, 0.2) is 22.7 Å². The third-order valence-corrected chi connectivity index (χ3v) is 6.17. The maximum atomic E-state index is 13.3. The molecule has 1 heterocycles. The molecule has 7 heteroatoms. The van der Waals surface area contributed by atoms with Crippen molar-refractivity contribution in [2.45, 2.75) is 45.4 Å². The summed E-state index contributed by atoms with van der Waals surface area (Å²) in [6.07, 6.45) is 1.20. The summed E-state index contributed by atoms with van der Waals surface area (Å²) in [6, 6.07) is 4.55. The molecule has 0 radical (unpaired) electrons. The van der Waals surface area contributed by atoms with Crippen LogP contribution in [0.3, 0.4) is 0 Å². The molecule has 0 aliphatic heterocycles. The number of hydrogen-bond acceptors (Lipinski definition) is 6. The Labute approximate surface area is 180 Å². The van der Waals surface area contributed by atoms with Crippen LogP contribution in [0, 0.1) is 0 Å². The van der Waals surface area contributed by atoms with Gasteiger partial charge in [0.25, 0.3) is 0 Å². The number of halogens is 1. The first-order valence-electron chi connectivity index (χ1n) is 9.87. The smallest absolute Gasteiger partial charge is 0.196 e. The van der Waals surface area contributed by atoms with E-state index < -0.39 is 10.8 Å². The first-order chi connectivity index (χ1) is 14.3. The van der Waals surface area contributed by atoms with Gasteiger partial charge in [0, 0.05) is 17.2 Å². The second-order valence-electron chi connectivity index (χ2n) is 7.17. The number of ether oxygens (including phenoxy) is 2.